The molecular formula is C39H46N2O4. The second-order valence-electron chi connectivity index (χ2n) is 12.8. The first-order valence-electron chi connectivity index (χ1n) is 16.8. The average Bonchev–Trinajstić information content (AvgIpc) is 3.04. The van der Waals surface area contributed by atoms with E-state index < -0.39 is 5.92 Å². The first kappa shape index (κ1) is 32.3. The van der Waals surface area contributed by atoms with Crippen molar-refractivity contribution in [2.24, 2.45) is 0 Å². The molecule has 0 aromatic heterocycles. The number of hydrogen-bond acceptors (Lipinski definition) is 4. The lowest BCUT2D eigenvalue weighted by atomic mass is 9.84. The topological polar surface area (TPSA) is 92.3 Å². The first-order chi connectivity index (χ1) is 21.9. The van der Waals surface area contributed by atoms with Crippen LogP contribution in [0.3, 0.4) is 0 Å². The van der Waals surface area contributed by atoms with E-state index in [1.54, 1.807) is 31.2 Å². The second-order valence-corrected chi connectivity index (χ2v) is 12.8. The molecule has 3 aromatic rings. The maximum Gasteiger partial charge on any atom is 0.239 e. The lowest BCUT2D eigenvalue weighted by Gasteiger charge is -2.23. The fraction of sp³-hybridized carbons (Fsp3) is 0.436. The average molecular weight is 607 g/mol. The number of Topliss-reactive ketones (excluding diaryl/α,β-unsaturated/α-hetero) is 2. The van der Waals surface area contributed by atoms with Gasteiger partial charge in [-0.25, -0.2) is 0 Å². The standard InChI is InChI=1S/C39H46N2O4/c1-27(42)12-4-2-3-5-21-37(44)40-32-24-22-30(23-25-32)38(36(43)26-31-17-10-15-28-13-6-8-18-33(28)31)39(45)41-35-20-11-16-29-14-7-9-19-34(29)35/h10-11,15-17,20,22-25,38H,2-9,12-14,18-19,21,26H2,1H3,(H,40,44)(H,41,45). The van der Waals surface area contributed by atoms with E-state index in [-0.39, 0.29) is 29.8 Å². The van der Waals surface area contributed by atoms with Crippen LogP contribution in [0.1, 0.15) is 110 Å². The molecule has 45 heavy (non-hydrogen) atoms. The quantitative estimate of drug-likeness (QED) is 0.144. The zero-order valence-electron chi connectivity index (χ0n) is 26.6. The zero-order valence-corrected chi connectivity index (χ0v) is 26.6. The molecule has 0 spiro atoms. The summed E-state index contributed by atoms with van der Waals surface area (Å²) in [4.78, 5) is 51.7. The third kappa shape index (κ3) is 8.78. The summed E-state index contributed by atoms with van der Waals surface area (Å²) < 4.78 is 0. The number of anilines is 2. The zero-order chi connectivity index (χ0) is 31.6. The van der Waals surface area contributed by atoms with Crippen molar-refractivity contribution >= 4 is 34.8 Å². The summed E-state index contributed by atoms with van der Waals surface area (Å²) in [7, 11) is 0. The van der Waals surface area contributed by atoms with Crippen LogP contribution >= 0.6 is 0 Å². The number of aryl methyl sites for hydroxylation is 2. The lowest BCUT2D eigenvalue weighted by Crippen LogP contribution is -2.30. The van der Waals surface area contributed by atoms with Gasteiger partial charge in [-0.05, 0) is 123 Å². The highest BCUT2D eigenvalue weighted by molar-refractivity contribution is 6.12. The number of carbonyl (C=O) groups is 4. The van der Waals surface area contributed by atoms with E-state index in [0.717, 1.165) is 81.9 Å². The van der Waals surface area contributed by atoms with E-state index in [0.29, 0.717) is 24.1 Å². The highest BCUT2D eigenvalue weighted by atomic mass is 16.2. The Morgan fingerprint density at radius 1 is 0.667 bits per heavy atom. The number of hydrogen-bond donors (Lipinski definition) is 2. The highest BCUT2D eigenvalue weighted by Gasteiger charge is 2.30. The monoisotopic (exact) mass is 606 g/mol. The summed E-state index contributed by atoms with van der Waals surface area (Å²) >= 11 is 0. The van der Waals surface area contributed by atoms with Crippen LogP contribution in [0.25, 0.3) is 0 Å². The molecule has 0 aliphatic heterocycles. The molecular weight excluding hydrogens is 560 g/mol. The van der Waals surface area contributed by atoms with Crippen molar-refractivity contribution in [2.45, 2.75) is 109 Å². The third-order valence-electron chi connectivity index (χ3n) is 9.31. The first-order valence-corrected chi connectivity index (χ1v) is 16.8. The van der Waals surface area contributed by atoms with E-state index in [1.165, 1.54) is 28.7 Å². The van der Waals surface area contributed by atoms with Crippen LogP contribution in [-0.2, 0) is 51.3 Å². The van der Waals surface area contributed by atoms with Crippen molar-refractivity contribution in [3.05, 3.63) is 94.0 Å². The predicted molar refractivity (Wildman–Crippen MR) is 180 cm³/mol. The number of unbranched alkanes of at least 4 members (excludes halogenated alkanes) is 3. The van der Waals surface area contributed by atoms with Gasteiger partial charge < -0.3 is 15.4 Å². The van der Waals surface area contributed by atoms with Gasteiger partial charge in [0, 0.05) is 30.6 Å². The molecule has 3 aromatic carbocycles. The van der Waals surface area contributed by atoms with Gasteiger partial charge in [0.1, 0.15) is 11.7 Å². The summed E-state index contributed by atoms with van der Waals surface area (Å²) in [6.45, 7) is 1.61. The summed E-state index contributed by atoms with van der Waals surface area (Å²) in [5, 5.41) is 6.09. The molecule has 2 aliphatic carbocycles. The molecule has 6 nitrogen and oxygen atoms in total. The molecule has 0 saturated heterocycles. The Kier molecular flexibility index (Phi) is 11.3. The van der Waals surface area contributed by atoms with E-state index in [1.807, 2.05) is 24.3 Å². The van der Waals surface area contributed by atoms with Crippen LogP contribution in [0.15, 0.2) is 60.7 Å². The number of nitrogens with one attached hydrogen (secondary N) is 2. The normalized spacial score (nSPS) is 14.5. The molecule has 2 N–H and O–H groups in total. The molecule has 0 radical (unpaired) electrons. The Hall–Kier alpha value is -4.06. The molecule has 1 unspecified atom stereocenters. The van der Waals surface area contributed by atoms with Crippen LogP contribution in [0.5, 0.6) is 0 Å². The maximum absolute atomic E-state index is 14.1. The van der Waals surface area contributed by atoms with E-state index in [2.05, 4.69) is 22.8 Å². The highest BCUT2D eigenvalue weighted by Crippen LogP contribution is 2.31. The van der Waals surface area contributed by atoms with Gasteiger partial charge in [-0.2, -0.15) is 0 Å². The number of amides is 2. The molecule has 0 fully saturated rings. The summed E-state index contributed by atoms with van der Waals surface area (Å²) in [5.41, 5.74) is 8.13. The van der Waals surface area contributed by atoms with Crippen LogP contribution in [-0.4, -0.2) is 23.4 Å². The fourth-order valence-corrected chi connectivity index (χ4v) is 6.90. The van der Waals surface area contributed by atoms with Gasteiger partial charge >= 0.3 is 0 Å². The van der Waals surface area contributed by atoms with Crippen molar-refractivity contribution in [2.75, 3.05) is 10.6 Å². The Bertz CT molecular complexity index is 1450. The Morgan fingerprint density at radius 2 is 1.29 bits per heavy atom. The van der Waals surface area contributed by atoms with E-state index in [9.17, 15) is 19.2 Å². The molecule has 1 atom stereocenters. The lowest BCUT2D eigenvalue weighted by molar-refractivity contribution is -0.127. The predicted octanol–water partition coefficient (Wildman–Crippen LogP) is 7.85. The molecule has 2 amide bonds. The Morgan fingerprint density at radius 3 is 2.00 bits per heavy atom. The SMILES string of the molecule is CC(=O)CCCCCCC(=O)Nc1ccc(C(C(=O)Cc2cccc3c2CCCC3)C(=O)Nc2cccc3c2CCCC3)cc1. The number of ketones is 2. The van der Waals surface area contributed by atoms with Crippen LogP contribution in [0.2, 0.25) is 0 Å². The van der Waals surface area contributed by atoms with Crippen molar-refractivity contribution in [1.82, 2.24) is 0 Å². The minimum Gasteiger partial charge on any atom is -0.326 e. The van der Waals surface area contributed by atoms with E-state index in [4.69, 9.17) is 0 Å². The van der Waals surface area contributed by atoms with Gasteiger partial charge in [0.05, 0.1) is 0 Å². The minimum absolute atomic E-state index is 0.0672. The van der Waals surface area contributed by atoms with Crippen molar-refractivity contribution in [3.63, 3.8) is 0 Å². The van der Waals surface area contributed by atoms with Crippen LogP contribution < -0.4 is 10.6 Å². The van der Waals surface area contributed by atoms with Crippen molar-refractivity contribution in [1.29, 1.82) is 0 Å². The molecule has 2 aliphatic rings. The van der Waals surface area contributed by atoms with Gasteiger partial charge in [-0.1, -0.05) is 55.3 Å². The van der Waals surface area contributed by atoms with Crippen molar-refractivity contribution in [3.8, 4) is 0 Å². The second kappa shape index (κ2) is 15.8. The molecule has 0 saturated carbocycles. The molecule has 0 bridgehead atoms. The van der Waals surface area contributed by atoms with E-state index >= 15 is 0 Å². The van der Waals surface area contributed by atoms with Gasteiger partial charge in [-0.3, -0.25) is 14.4 Å². The molecule has 5 rings (SSSR count). The van der Waals surface area contributed by atoms with Crippen molar-refractivity contribution < 1.29 is 19.2 Å². The number of fused-ring (bicyclic) bond motifs is 2. The van der Waals surface area contributed by atoms with Crippen LogP contribution in [0, 0.1) is 0 Å². The Labute approximate surface area is 267 Å². The fourth-order valence-electron chi connectivity index (χ4n) is 6.90. The summed E-state index contributed by atoms with van der Waals surface area (Å²) in [6, 6.07) is 19.4. The van der Waals surface area contributed by atoms with Gasteiger partial charge in [0.25, 0.3) is 0 Å². The van der Waals surface area contributed by atoms with Gasteiger partial charge in [-0.15, -0.1) is 0 Å². The summed E-state index contributed by atoms with van der Waals surface area (Å²) in [6.07, 6.45) is 13.2. The minimum atomic E-state index is -0.969. The smallest absolute Gasteiger partial charge is 0.239 e. The summed E-state index contributed by atoms with van der Waals surface area (Å²) in [5.74, 6) is -1.27. The number of rotatable bonds is 14. The Balaban J connectivity index is 1.30. The molecule has 0 heterocycles. The maximum atomic E-state index is 14.1. The number of benzene rings is 3. The van der Waals surface area contributed by atoms with Gasteiger partial charge in [0.2, 0.25) is 11.8 Å². The van der Waals surface area contributed by atoms with Gasteiger partial charge in [0.15, 0.2) is 5.78 Å². The molecule has 6 heteroatoms. The third-order valence-corrected chi connectivity index (χ3v) is 9.31. The van der Waals surface area contributed by atoms with Crippen LogP contribution in [0.4, 0.5) is 11.4 Å². The largest absolute Gasteiger partial charge is 0.326 e. The number of carbonyl (C=O) groups excluding carboxylic acids is 4. The molecule has 236 valence electrons.